The van der Waals surface area contributed by atoms with E-state index in [9.17, 15) is 4.39 Å². The van der Waals surface area contributed by atoms with Gasteiger partial charge in [0.05, 0.1) is 5.69 Å². The van der Waals surface area contributed by atoms with E-state index in [0.717, 1.165) is 36.0 Å². The van der Waals surface area contributed by atoms with Gasteiger partial charge in [-0.1, -0.05) is 25.4 Å². The van der Waals surface area contributed by atoms with E-state index in [0.29, 0.717) is 0 Å². The number of nitrogens with zero attached hydrogens (tertiary/aromatic N) is 1. The molecule has 0 atom stereocenters. The molecule has 0 aliphatic rings. The second-order valence-corrected chi connectivity index (χ2v) is 6.23. The van der Waals surface area contributed by atoms with Crippen molar-refractivity contribution < 1.29 is 9.60 Å². The monoisotopic (exact) mass is 345 g/mol. The van der Waals surface area contributed by atoms with E-state index in [2.05, 4.69) is 26.4 Å². The van der Waals surface area contributed by atoms with Crippen LogP contribution in [0.1, 0.15) is 33.1 Å². The Labute approximate surface area is 127 Å². The first-order valence-electron chi connectivity index (χ1n) is 6.54. The average molecular weight is 346 g/mol. The van der Waals surface area contributed by atoms with Crippen molar-refractivity contribution in [1.82, 2.24) is 0 Å². The predicted molar refractivity (Wildman–Crippen MR) is 83.6 cm³/mol. The Morgan fingerprint density at radius 3 is 2.80 bits per heavy atom. The molecule has 0 fully saturated rings. The van der Waals surface area contributed by atoms with Gasteiger partial charge in [0, 0.05) is 16.4 Å². The van der Waals surface area contributed by atoms with Crippen LogP contribution in [0.2, 0.25) is 0 Å². The third-order valence-electron chi connectivity index (χ3n) is 3.27. The molecule has 1 aromatic rings. The lowest BCUT2D eigenvalue weighted by molar-refractivity contribution is 0.304. The van der Waals surface area contributed by atoms with Crippen LogP contribution in [0.5, 0.6) is 0 Å². The number of hydrogen-bond donors (Lipinski definition) is 3. The lowest BCUT2D eigenvalue weighted by Gasteiger charge is -2.22. The molecule has 0 heterocycles. The first-order chi connectivity index (χ1) is 9.36. The van der Waals surface area contributed by atoms with E-state index < -0.39 is 0 Å². The minimum absolute atomic E-state index is 0.248. The number of hydrogen-bond acceptors (Lipinski definition) is 3. The Morgan fingerprint density at radius 2 is 2.15 bits per heavy atom. The summed E-state index contributed by atoms with van der Waals surface area (Å²) in [6.45, 7) is 4.63. The Bertz CT molecular complexity index is 477. The van der Waals surface area contributed by atoms with Crippen LogP contribution in [0.25, 0.3) is 0 Å². The maximum atomic E-state index is 13.1. The summed E-state index contributed by atoms with van der Waals surface area (Å²) in [7, 11) is 0. The molecule has 0 unspecified atom stereocenters. The van der Waals surface area contributed by atoms with Gasteiger partial charge in [-0.05, 0) is 47.0 Å². The van der Waals surface area contributed by atoms with Crippen molar-refractivity contribution >= 4 is 27.5 Å². The Morgan fingerprint density at radius 1 is 1.45 bits per heavy atom. The van der Waals surface area contributed by atoms with Crippen LogP contribution in [-0.4, -0.2) is 17.6 Å². The summed E-state index contributed by atoms with van der Waals surface area (Å²) in [4.78, 5) is 0. The van der Waals surface area contributed by atoms with Crippen molar-refractivity contribution in [2.24, 2.45) is 16.3 Å². The second-order valence-electron chi connectivity index (χ2n) is 5.38. The average Bonchev–Trinajstić information content (AvgIpc) is 2.41. The number of nitrogens with one attached hydrogen (secondary N) is 1. The van der Waals surface area contributed by atoms with E-state index in [1.165, 1.54) is 12.1 Å². The topological polar surface area (TPSA) is 70.6 Å². The van der Waals surface area contributed by atoms with Gasteiger partial charge >= 0.3 is 0 Å². The van der Waals surface area contributed by atoms with E-state index in [-0.39, 0.29) is 17.1 Å². The molecule has 0 spiro atoms. The molecule has 112 valence electrons. The fourth-order valence-corrected chi connectivity index (χ4v) is 2.20. The highest BCUT2D eigenvalue weighted by Gasteiger charge is 2.22. The van der Waals surface area contributed by atoms with Gasteiger partial charge in [0.2, 0.25) is 0 Å². The summed E-state index contributed by atoms with van der Waals surface area (Å²) in [5.74, 6) is -0.0119. The maximum absolute atomic E-state index is 13.1. The van der Waals surface area contributed by atoms with E-state index in [4.69, 9.17) is 10.9 Å². The molecule has 0 radical (unpaired) electrons. The Balaban J connectivity index is 2.34. The van der Waals surface area contributed by atoms with Gasteiger partial charge in [0.25, 0.3) is 0 Å². The SMILES string of the molecule is CC(C)(CCCCNc1cc(F)ccc1Br)/C(N)=N/O. The van der Waals surface area contributed by atoms with Gasteiger partial charge in [0.1, 0.15) is 11.7 Å². The molecule has 20 heavy (non-hydrogen) atoms. The first-order valence-corrected chi connectivity index (χ1v) is 7.33. The Hall–Kier alpha value is -1.30. The van der Waals surface area contributed by atoms with Crippen LogP contribution >= 0.6 is 15.9 Å². The van der Waals surface area contributed by atoms with E-state index in [1.54, 1.807) is 6.07 Å². The molecule has 4 N–H and O–H groups in total. The number of amidine groups is 1. The van der Waals surface area contributed by atoms with Crippen LogP contribution in [0.3, 0.4) is 0 Å². The summed E-state index contributed by atoms with van der Waals surface area (Å²) < 4.78 is 13.9. The van der Waals surface area contributed by atoms with E-state index >= 15 is 0 Å². The molecule has 0 bridgehead atoms. The minimum atomic E-state index is -0.311. The molecule has 0 amide bonds. The minimum Gasteiger partial charge on any atom is -0.409 e. The van der Waals surface area contributed by atoms with Gasteiger partial charge in [-0.2, -0.15) is 0 Å². The number of unbranched alkanes of at least 4 members (excludes halogenated alkanes) is 1. The predicted octanol–water partition coefficient (Wildman–Crippen LogP) is 3.94. The number of rotatable bonds is 7. The highest BCUT2D eigenvalue weighted by Crippen LogP contribution is 2.25. The zero-order valence-electron chi connectivity index (χ0n) is 11.8. The highest BCUT2D eigenvalue weighted by molar-refractivity contribution is 9.10. The van der Waals surface area contributed by atoms with Crippen molar-refractivity contribution in [2.45, 2.75) is 33.1 Å². The summed E-state index contributed by atoms with van der Waals surface area (Å²) in [6.07, 6.45) is 2.68. The van der Waals surface area contributed by atoms with Crippen molar-refractivity contribution in [3.63, 3.8) is 0 Å². The highest BCUT2D eigenvalue weighted by atomic mass is 79.9. The van der Waals surface area contributed by atoms with Crippen LogP contribution < -0.4 is 11.1 Å². The zero-order chi connectivity index (χ0) is 15.2. The number of oxime groups is 1. The van der Waals surface area contributed by atoms with Gasteiger partial charge < -0.3 is 16.3 Å². The number of benzene rings is 1. The third kappa shape index (κ3) is 5.00. The standard InChI is InChI=1S/C14H21BrFN3O/c1-14(2,13(17)19-20)7-3-4-8-18-12-9-10(16)5-6-11(12)15/h5-6,9,18,20H,3-4,7-8H2,1-2H3,(H2,17,19). The van der Waals surface area contributed by atoms with Gasteiger partial charge in [-0.3, -0.25) is 0 Å². The summed E-state index contributed by atoms with van der Waals surface area (Å²) >= 11 is 3.37. The molecule has 0 aliphatic carbocycles. The fourth-order valence-electron chi connectivity index (χ4n) is 1.81. The summed E-state index contributed by atoms with van der Waals surface area (Å²) in [6, 6.07) is 4.55. The molecule has 0 saturated carbocycles. The van der Waals surface area contributed by atoms with Crippen LogP contribution in [0, 0.1) is 11.2 Å². The summed E-state index contributed by atoms with van der Waals surface area (Å²) in [5, 5.41) is 14.9. The Kier molecular flexibility index (Phi) is 6.26. The van der Waals surface area contributed by atoms with Gasteiger partial charge in [-0.15, -0.1) is 0 Å². The lowest BCUT2D eigenvalue weighted by atomic mass is 9.86. The number of nitrogens with two attached hydrogens (primary N) is 1. The van der Waals surface area contributed by atoms with Crippen molar-refractivity contribution in [3.8, 4) is 0 Å². The first kappa shape index (κ1) is 16.8. The van der Waals surface area contributed by atoms with Gasteiger partial charge in [-0.25, -0.2) is 4.39 Å². The normalized spacial score (nSPS) is 12.5. The second kappa shape index (κ2) is 7.47. The van der Waals surface area contributed by atoms with E-state index in [1.807, 2.05) is 13.8 Å². The molecule has 1 aromatic carbocycles. The maximum Gasteiger partial charge on any atom is 0.144 e. The molecular weight excluding hydrogens is 325 g/mol. The molecule has 0 aromatic heterocycles. The molecule has 6 heteroatoms. The largest absolute Gasteiger partial charge is 0.409 e. The van der Waals surface area contributed by atoms with Crippen molar-refractivity contribution in [2.75, 3.05) is 11.9 Å². The number of anilines is 1. The molecule has 0 aliphatic heterocycles. The fraction of sp³-hybridized carbons (Fsp3) is 0.500. The van der Waals surface area contributed by atoms with Crippen molar-refractivity contribution in [1.29, 1.82) is 0 Å². The molecule has 4 nitrogen and oxygen atoms in total. The number of halogens is 2. The molecule has 1 rings (SSSR count). The van der Waals surface area contributed by atoms with Crippen LogP contribution in [0.15, 0.2) is 27.8 Å². The van der Waals surface area contributed by atoms with Gasteiger partial charge in [0.15, 0.2) is 0 Å². The van der Waals surface area contributed by atoms with Crippen molar-refractivity contribution in [3.05, 3.63) is 28.5 Å². The van der Waals surface area contributed by atoms with Crippen LogP contribution in [0.4, 0.5) is 10.1 Å². The van der Waals surface area contributed by atoms with Crippen LogP contribution in [-0.2, 0) is 0 Å². The quantitative estimate of drug-likeness (QED) is 0.230. The smallest absolute Gasteiger partial charge is 0.144 e. The third-order valence-corrected chi connectivity index (χ3v) is 3.97. The summed E-state index contributed by atoms with van der Waals surface area (Å²) in [5.41, 5.74) is 6.07. The molecular formula is C14H21BrFN3O. The zero-order valence-corrected chi connectivity index (χ0v) is 13.4. The lowest BCUT2D eigenvalue weighted by Crippen LogP contribution is -2.31. The molecule has 0 saturated heterocycles.